The molecule has 1 aliphatic carbocycles. The van der Waals surface area contributed by atoms with Crippen molar-refractivity contribution >= 4 is 49.0 Å². The molecule has 0 amide bonds. The molecule has 0 aliphatic heterocycles. The Morgan fingerprint density at radius 1 is 1.05 bits per heavy atom. The van der Waals surface area contributed by atoms with Crippen molar-refractivity contribution in [2.45, 2.75) is 55.1 Å². The van der Waals surface area contributed by atoms with Gasteiger partial charge in [-0.15, -0.1) is 11.3 Å². The van der Waals surface area contributed by atoms with Gasteiger partial charge in [-0.05, 0) is 45.4 Å². The van der Waals surface area contributed by atoms with Crippen LogP contribution in [0.5, 0.6) is 0 Å². The summed E-state index contributed by atoms with van der Waals surface area (Å²) in [5, 5.41) is 25.8. The summed E-state index contributed by atoms with van der Waals surface area (Å²) in [6.45, 7) is 4.93. The summed E-state index contributed by atoms with van der Waals surface area (Å²) in [5.41, 5.74) is 13.6. The molecule has 1 aromatic carbocycles. The lowest BCUT2D eigenvalue weighted by atomic mass is 9.91. The molecule has 38 heavy (non-hydrogen) atoms. The molecule has 1 fully saturated rings. The lowest BCUT2D eigenvalue weighted by molar-refractivity contribution is 0.0105. The van der Waals surface area contributed by atoms with Crippen molar-refractivity contribution in [2.24, 2.45) is 5.92 Å². The Kier molecular flexibility index (Phi) is 6.50. The average molecular weight is 556 g/mol. The van der Waals surface area contributed by atoms with Crippen LogP contribution < -0.4 is 16.8 Å². The standard InChI is InChI=1S/C25H29N7O4S2/c1-12-17(23-31-18-16(37-23)9-10-28-21(18)26)22(32-24(27)29-12)30-15-11-14(19(33)20(15)34)25(2,3)38(35,36)13-7-5-4-6-8-13/h4-10,14-15,19-20,33-34H,11H2,1-3H3,(H2,26,28)(H3,27,29,30,32)/t14-,15?,19+,20-/m0/s1. The first-order chi connectivity index (χ1) is 17.9. The van der Waals surface area contributed by atoms with Crippen LogP contribution in [-0.4, -0.2) is 61.6 Å². The molecule has 4 atom stereocenters. The second kappa shape index (κ2) is 9.42. The van der Waals surface area contributed by atoms with E-state index < -0.39 is 38.8 Å². The number of hydrogen-bond acceptors (Lipinski definition) is 12. The fourth-order valence-corrected chi connectivity index (χ4v) is 7.91. The first-order valence-electron chi connectivity index (χ1n) is 12.0. The molecule has 0 spiro atoms. The van der Waals surface area contributed by atoms with E-state index >= 15 is 0 Å². The molecule has 1 aliphatic rings. The Morgan fingerprint density at radius 3 is 2.45 bits per heavy atom. The third-order valence-electron chi connectivity index (χ3n) is 7.30. The number of nitrogens with two attached hydrogens (primary N) is 2. The zero-order chi connectivity index (χ0) is 27.4. The van der Waals surface area contributed by atoms with Crippen LogP contribution in [0.15, 0.2) is 47.5 Å². The lowest BCUT2D eigenvalue weighted by Crippen LogP contribution is -2.45. The van der Waals surface area contributed by atoms with Gasteiger partial charge in [0.1, 0.15) is 22.4 Å². The van der Waals surface area contributed by atoms with Crippen molar-refractivity contribution in [3.05, 3.63) is 48.3 Å². The van der Waals surface area contributed by atoms with Crippen LogP contribution in [0.3, 0.4) is 0 Å². The highest BCUT2D eigenvalue weighted by atomic mass is 32.2. The molecule has 1 saturated carbocycles. The van der Waals surface area contributed by atoms with Gasteiger partial charge in [0.05, 0.1) is 37.7 Å². The van der Waals surface area contributed by atoms with Crippen molar-refractivity contribution in [3.63, 3.8) is 0 Å². The second-order valence-corrected chi connectivity index (χ2v) is 13.5. The number of sulfone groups is 1. The highest BCUT2D eigenvalue weighted by Gasteiger charge is 2.54. The Labute approximate surface area is 223 Å². The molecular weight excluding hydrogens is 526 g/mol. The van der Waals surface area contributed by atoms with E-state index in [1.54, 1.807) is 45.2 Å². The predicted molar refractivity (Wildman–Crippen MR) is 147 cm³/mol. The van der Waals surface area contributed by atoms with Gasteiger partial charge >= 0.3 is 0 Å². The Hall–Kier alpha value is -3.39. The van der Waals surface area contributed by atoms with Crippen LogP contribution in [0.1, 0.15) is 26.0 Å². The van der Waals surface area contributed by atoms with Gasteiger partial charge in [0, 0.05) is 12.1 Å². The third kappa shape index (κ3) is 4.25. The normalized spacial score (nSPS) is 22.1. The summed E-state index contributed by atoms with van der Waals surface area (Å²) in [6, 6.07) is 9.21. The van der Waals surface area contributed by atoms with E-state index in [-0.39, 0.29) is 17.3 Å². The fraction of sp³-hybridized carbons (Fsp3) is 0.360. The number of thiazole rings is 1. The van der Waals surface area contributed by atoms with Gasteiger partial charge in [-0.25, -0.2) is 23.4 Å². The number of aliphatic hydroxyl groups is 2. The SMILES string of the molecule is Cc1nc(N)nc(NC2C[C@H](C(C)(C)S(=O)(=O)c3ccccc3)[C@@H](O)[C@H]2O)c1-c1nc2c(N)nccc2s1. The minimum atomic E-state index is -3.83. The molecule has 5 rings (SSSR count). The maximum absolute atomic E-state index is 13.5. The van der Waals surface area contributed by atoms with Gasteiger partial charge in [-0.2, -0.15) is 4.98 Å². The first-order valence-corrected chi connectivity index (χ1v) is 14.3. The molecule has 3 heterocycles. The van der Waals surface area contributed by atoms with E-state index in [0.717, 1.165) is 4.70 Å². The molecule has 7 N–H and O–H groups in total. The lowest BCUT2D eigenvalue weighted by Gasteiger charge is -2.33. The summed E-state index contributed by atoms with van der Waals surface area (Å²) in [5.74, 6) is -0.126. The van der Waals surface area contributed by atoms with Crippen LogP contribution >= 0.6 is 11.3 Å². The van der Waals surface area contributed by atoms with Gasteiger partial charge in [-0.1, -0.05) is 18.2 Å². The molecule has 4 aromatic rings. The van der Waals surface area contributed by atoms with Gasteiger partial charge in [0.2, 0.25) is 5.95 Å². The van der Waals surface area contributed by atoms with Crippen molar-refractivity contribution in [1.82, 2.24) is 19.9 Å². The number of fused-ring (bicyclic) bond motifs is 1. The van der Waals surface area contributed by atoms with E-state index in [1.165, 1.54) is 23.5 Å². The van der Waals surface area contributed by atoms with Crippen LogP contribution in [0.25, 0.3) is 20.8 Å². The number of nitrogen functional groups attached to an aromatic ring is 2. The van der Waals surface area contributed by atoms with E-state index in [2.05, 4.69) is 25.3 Å². The zero-order valence-corrected chi connectivity index (χ0v) is 22.7. The maximum atomic E-state index is 13.5. The quantitative estimate of drug-likeness (QED) is 0.235. The number of rotatable bonds is 6. The Balaban J connectivity index is 1.50. The average Bonchev–Trinajstić information content (AvgIpc) is 3.42. The number of aromatic nitrogens is 4. The van der Waals surface area contributed by atoms with E-state index in [9.17, 15) is 18.6 Å². The maximum Gasteiger partial charge on any atom is 0.222 e. The molecular formula is C25H29N7O4S2. The van der Waals surface area contributed by atoms with Gasteiger partial charge in [0.15, 0.2) is 15.7 Å². The number of nitrogens with zero attached hydrogens (tertiary/aromatic N) is 4. The summed E-state index contributed by atoms with van der Waals surface area (Å²) < 4.78 is 26.5. The van der Waals surface area contributed by atoms with E-state index in [4.69, 9.17) is 11.5 Å². The number of aliphatic hydroxyl groups excluding tert-OH is 2. The monoisotopic (exact) mass is 555 g/mol. The summed E-state index contributed by atoms with van der Waals surface area (Å²) >= 11 is 1.38. The van der Waals surface area contributed by atoms with Crippen molar-refractivity contribution in [1.29, 1.82) is 0 Å². The highest BCUT2D eigenvalue weighted by Crippen LogP contribution is 2.44. The summed E-state index contributed by atoms with van der Waals surface area (Å²) in [7, 11) is -3.83. The third-order valence-corrected chi connectivity index (χ3v) is 10.9. The van der Waals surface area contributed by atoms with E-state index in [0.29, 0.717) is 33.4 Å². The van der Waals surface area contributed by atoms with Crippen LogP contribution in [0.4, 0.5) is 17.6 Å². The molecule has 1 unspecified atom stereocenters. The molecule has 0 radical (unpaired) electrons. The van der Waals surface area contributed by atoms with Gasteiger partial charge < -0.3 is 27.0 Å². The molecule has 13 heteroatoms. The van der Waals surface area contributed by atoms with Crippen LogP contribution in [0, 0.1) is 12.8 Å². The van der Waals surface area contributed by atoms with Crippen molar-refractivity contribution < 1.29 is 18.6 Å². The zero-order valence-electron chi connectivity index (χ0n) is 21.0. The van der Waals surface area contributed by atoms with E-state index in [1.807, 2.05) is 6.07 Å². The fourth-order valence-electron chi connectivity index (χ4n) is 5.08. The summed E-state index contributed by atoms with van der Waals surface area (Å²) in [4.78, 5) is 17.6. The predicted octanol–water partition coefficient (Wildman–Crippen LogP) is 2.40. The molecule has 0 bridgehead atoms. The van der Waals surface area contributed by atoms with Gasteiger partial charge in [0.25, 0.3) is 0 Å². The largest absolute Gasteiger partial charge is 0.390 e. The number of pyridine rings is 1. The number of anilines is 3. The minimum Gasteiger partial charge on any atom is -0.390 e. The number of aryl methyl sites for hydroxylation is 1. The van der Waals surface area contributed by atoms with Crippen molar-refractivity contribution in [3.8, 4) is 10.6 Å². The second-order valence-electron chi connectivity index (χ2n) is 9.95. The topological polar surface area (TPSA) is 190 Å². The number of nitrogens with one attached hydrogen (secondary N) is 1. The highest BCUT2D eigenvalue weighted by molar-refractivity contribution is 7.92. The number of hydrogen-bond donors (Lipinski definition) is 5. The Bertz CT molecular complexity index is 1610. The summed E-state index contributed by atoms with van der Waals surface area (Å²) in [6.07, 6.45) is -0.782. The first kappa shape index (κ1) is 26.2. The molecule has 3 aromatic heterocycles. The molecule has 200 valence electrons. The van der Waals surface area contributed by atoms with Gasteiger partial charge in [-0.3, -0.25) is 0 Å². The number of benzene rings is 1. The molecule has 0 saturated heterocycles. The smallest absolute Gasteiger partial charge is 0.222 e. The van der Waals surface area contributed by atoms with Crippen LogP contribution in [0.2, 0.25) is 0 Å². The van der Waals surface area contributed by atoms with Crippen LogP contribution in [-0.2, 0) is 9.84 Å². The van der Waals surface area contributed by atoms with Crippen molar-refractivity contribution in [2.75, 3.05) is 16.8 Å². The Morgan fingerprint density at radius 2 is 1.76 bits per heavy atom. The minimum absolute atomic E-state index is 0.0209. The molecule has 11 nitrogen and oxygen atoms in total.